The molecule has 0 aromatic heterocycles. The number of Topliss-reactive ketones (excluding diaryl/α,β-unsaturated/α-hetero) is 1. The smallest absolute Gasteiger partial charge is 0.408 e. The lowest BCUT2D eigenvalue weighted by Crippen LogP contribution is -2.43. The second-order valence-electron chi connectivity index (χ2n) is 5.64. The highest BCUT2D eigenvalue weighted by Gasteiger charge is 2.22. The summed E-state index contributed by atoms with van der Waals surface area (Å²) in [7, 11) is 0. The number of hydrogen-bond acceptors (Lipinski definition) is 3. The minimum absolute atomic E-state index is 0.120. The first-order valence-electron chi connectivity index (χ1n) is 6.42. The summed E-state index contributed by atoms with van der Waals surface area (Å²) in [6, 6.07) is 6.55. The van der Waals surface area contributed by atoms with Gasteiger partial charge in [0.1, 0.15) is 5.60 Å². The maximum Gasteiger partial charge on any atom is 0.408 e. The Bertz CT molecular complexity index is 477. The van der Waals surface area contributed by atoms with Crippen molar-refractivity contribution >= 4 is 23.5 Å². The summed E-state index contributed by atoms with van der Waals surface area (Å²) in [5.41, 5.74) is 0.330. The normalized spacial score (nSPS) is 12.7. The highest BCUT2D eigenvalue weighted by atomic mass is 35.5. The first-order valence-corrected chi connectivity index (χ1v) is 6.79. The van der Waals surface area contributed by atoms with Crippen molar-refractivity contribution < 1.29 is 14.3 Å². The first-order chi connectivity index (χ1) is 9.17. The third kappa shape index (κ3) is 6.06. The van der Waals surface area contributed by atoms with Crippen molar-refractivity contribution in [3.63, 3.8) is 0 Å². The maximum absolute atomic E-state index is 11.7. The average Bonchev–Trinajstić information content (AvgIpc) is 2.28. The molecule has 1 aromatic rings. The van der Waals surface area contributed by atoms with Gasteiger partial charge in [-0.1, -0.05) is 23.7 Å². The Balaban J connectivity index is 2.68. The van der Waals surface area contributed by atoms with Crippen LogP contribution in [0.1, 0.15) is 33.3 Å². The quantitative estimate of drug-likeness (QED) is 0.927. The Labute approximate surface area is 124 Å². The molecule has 5 heteroatoms. The molecule has 0 fully saturated rings. The molecule has 20 heavy (non-hydrogen) atoms. The van der Waals surface area contributed by atoms with Gasteiger partial charge in [0.15, 0.2) is 5.78 Å². The topological polar surface area (TPSA) is 55.4 Å². The summed E-state index contributed by atoms with van der Waals surface area (Å²) in [4.78, 5) is 23.3. The van der Waals surface area contributed by atoms with Crippen LogP contribution in [0.4, 0.5) is 4.79 Å². The lowest BCUT2D eigenvalue weighted by molar-refractivity contribution is -0.119. The number of alkyl carbamates (subject to hydrolysis) is 1. The van der Waals surface area contributed by atoms with E-state index in [1.165, 1.54) is 6.92 Å². The minimum atomic E-state index is -0.606. The Morgan fingerprint density at radius 2 is 1.80 bits per heavy atom. The number of nitrogens with one attached hydrogen (secondary N) is 1. The molecule has 0 saturated heterocycles. The van der Waals surface area contributed by atoms with E-state index < -0.39 is 17.7 Å². The van der Waals surface area contributed by atoms with E-state index in [-0.39, 0.29) is 5.78 Å². The molecule has 1 amide bonds. The SMILES string of the molecule is CC(=O)C(Cc1ccc(Cl)cc1)NC(=O)OC(C)(C)C. The second-order valence-corrected chi connectivity index (χ2v) is 6.08. The van der Waals surface area contributed by atoms with E-state index in [9.17, 15) is 9.59 Å². The fraction of sp³-hybridized carbons (Fsp3) is 0.467. The standard InChI is InChI=1S/C15H20ClNO3/c1-10(18)13(17-14(19)20-15(2,3)4)9-11-5-7-12(16)8-6-11/h5-8,13H,9H2,1-4H3,(H,17,19). The highest BCUT2D eigenvalue weighted by molar-refractivity contribution is 6.30. The van der Waals surface area contributed by atoms with E-state index in [4.69, 9.17) is 16.3 Å². The van der Waals surface area contributed by atoms with Gasteiger partial charge in [-0.05, 0) is 51.8 Å². The largest absolute Gasteiger partial charge is 0.444 e. The number of halogens is 1. The predicted octanol–water partition coefficient (Wildman–Crippen LogP) is 3.36. The molecule has 1 atom stereocenters. The van der Waals surface area contributed by atoms with Crippen LogP contribution in [0.3, 0.4) is 0 Å². The van der Waals surface area contributed by atoms with Crippen LogP contribution in [0.2, 0.25) is 5.02 Å². The van der Waals surface area contributed by atoms with Crippen LogP contribution < -0.4 is 5.32 Å². The van der Waals surface area contributed by atoms with Crippen molar-refractivity contribution in [2.45, 2.75) is 45.8 Å². The van der Waals surface area contributed by atoms with Crippen molar-refractivity contribution in [2.24, 2.45) is 0 Å². The molecule has 0 aliphatic heterocycles. The third-order valence-electron chi connectivity index (χ3n) is 2.53. The second kappa shape index (κ2) is 6.75. The number of carbonyl (C=O) groups excluding carboxylic acids is 2. The zero-order chi connectivity index (χ0) is 15.3. The van der Waals surface area contributed by atoms with Crippen molar-refractivity contribution in [1.29, 1.82) is 0 Å². The monoisotopic (exact) mass is 297 g/mol. The molecule has 1 N–H and O–H groups in total. The van der Waals surface area contributed by atoms with Crippen LogP contribution in [0.25, 0.3) is 0 Å². The Morgan fingerprint density at radius 1 is 1.25 bits per heavy atom. The van der Waals surface area contributed by atoms with Gasteiger partial charge >= 0.3 is 6.09 Å². The molecule has 0 spiro atoms. The van der Waals surface area contributed by atoms with E-state index in [2.05, 4.69) is 5.32 Å². The van der Waals surface area contributed by atoms with E-state index in [1.54, 1.807) is 32.9 Å². The van der Waals surface area contributed by atoms with Crippen LogP contribution in [-0.2, 0) is 16.0 Å². The minimum Gasteiger partial charge on any atom is -0.444 e. The molecule has 110 valence electrons. The van der Waals surface area contributed by atoms with Crippen LogP contribution >= 0.6 is 11.6 Å². The Hall–Kier alpha value is -1.55. The average molecular weight is 298 g/mol. The Kier molecular flexibility index (Phi) is 5.57. The summed E-state index contributed by atoms with van der Waals surface area (Å²) in [6.07, 6.45) is -0.183. The molecule has 1 aromatic carbocycles. The number of ether oxygens (including phenoxy) is 1. The Morgan fingerprint density at radius 3 is 2.25 bits per heavy atom. The summed E-state index contributed by atoms with van der Waals surface area (Å²) >= 11 is 5.81. The van der Waals surface area contributed by atoms with Crippen LogP contribution in [0.5, 0.6) is 0 Å². The van der Waals surface area contributed by atoms with E-state index in [0.29, 0.717) is 11.4 Å². The number of amides is 1. The van der Waals surface area contributed by atoms with Crippen LogP contribution in [0, 0.1) is 0 Å². The molecular formula is C15H20ClNO3. The van der Waals surface area contributed by atoms with Crippen molar-refractivity contribution in [3.8, 4) is 0 Å². The van der Waals surface area contributed by atoms with Crippen LogP contribution in [-0.4, -0.2) is 23.5 Å². The summed E-state index contributed by atoms with van der Waals surface area (Å²) in [5.74, 6) is -0.120. The van der Waals surface area contributed by atoms with Crippen LogP contribution in [0.15, 0.2) is 24.3 Å². The summed E-state index contributed by atoms with van der Waals surface area (Å²) in [6.45, 7) is 6.76. The van der Waals surface area contributed by atoms with Crippen molar-refractivity contribution in [2.75, 3.05) is 0 Å². The predicted molar refractivity (Wildman–Crippen MR) is 79.0 cm³/mol. The van der Waals surface area contributed by atoms with Crippen molar-refractivity contribution in [1.82, 2.24) is 5.32 Å². The highest BCUT2D eigenvalue weighted by Crippen LogP contribution is 2.12. The van der Waals surface area contributed by atoms with Gasteiger partial charge in [-0.3, -0.25) is 4.79 Å². The van der Waals surface area contributed by atoms with Gasteiger partial charge in [-0.15, -0.1) is 0 Å². The summed E-state index contributed by atoms with van der Waals surface area (Å²) in [5, 5.41) is 3.23. The molecule has 0 bridgehead atoms. The van der Waals surface area contributed by atoms with Gasteiger partial charge in [0.25, 0.3) is 0 Å². The molecule has 0 heterocycles. The maximum atomic E-state index is 11.7. The van der Waals surface area contributed by atoms with E-state index in [1.807, 2.05) is 12.1 Å². The van der Waals surface area contributed by atoms with Gasteiger partial charge in [-0.2, -0.15) is 0 Å². The number of carbonyl (C=O) groups is 2. The van der Waals surface area contributed by atoms with E-state index in [0.717, 1.165) is 5.56 Å². The number of rotatable bonds is 4. The fourth-order valence-corrected chi connectivity index (χ4v) is 1.73. The number of benzene rings is 1. The van der Waals surface area contributed by atoms with E-state index >= 15 is 0 Å². The molecular weight excluding hydrogens is 278 g/mol. The molecule has 1 unspecified atom stereocenters. The van der Waals surface area contributed by atoms with Crippen molar-refractivity contribution in [3.05, 3.63) is 34.9 Å². The van der Waals surface area contributed by atoms with Gasteiger partial charge in [-0.25, -0.2) is 4.79 Å². The zero-order valence-corrected chi connectivity index (χ0v) is 13.0. The van der Waals surface area contributed by atoms with Gasteiger partial charge in [0.2, 0.25) is 0 Å². The fourth-order valence-electron chi connectivity index (χ4n) is 1.60. The number of hydrogen-bond donors (Lipinski definition) is 1. The third-order valence-corrected chi connectivity index (χ3v) is 2.79. The van der Waals surface area contributed by atoms with Gasteiger partial charge in [0.05, 0.1) is 6.04 Å². The lowest BCUT2D eigenvalue weighted by Gasteiger charge is -2.22. The molecule has 0 aliphatic rings. The van der Waals surface area contributed by atoms with Gasteiger partial charge in [0, 0.05) is 5.02 Å². The zero-order valence-electron chi connectivity index (χ0n) is 12.2. The lowest BCUT2D eigenvalue weighted by atomic mass is 10.0. The first kappa shape index (κ1) is 16.5. The molecule has 0 aliphatic carbocycles. The molecule has 4 nitrogen and oxygen atoms in total. The number of ketones is 1. The van der Waals surface area contributed by atoms with Gasteiger partial charge < -0.3 is 10.1 Å². The molecule has 0 saturated carbocycles. The molecule has 1 rings (SSSR count). The summed E-state index contributed by atoms with van der Waals surface area (Å²) < 4.78 is 5.15. The molecule has 0 radical (unpaired) electrons.